The van der Waals surface area contributed by atoms with Crippen molar-refractivity contribution in [2.24, 2.45) is 4.99 Å². The molecule has 0 aliphatic carbocycles. The van der Waals surface area contributed by atoms with Gasteiger partial charge in [0.2, 0.25) is 0 Å². The predicted molar refractivity (Wildman–Crippen MR) is 125 cm³/mol. The molecule has 0 N–H and O–H groups in total. The number of methoxy groups -OCH3 is 1. The Bertz CT molecular complexity index is 1340. The van der Waals surface area contributed by atoms with E-state index in [4.69, 9.17) is 4.74 Å². The highest BCUT2D eigenvalue weighted by Crippen LogP contribution is 2.32. The summed E-state index contributed by atoms with van der Waals surface area (Å²) < 4.78 is 7.28. The number of esters is 1. The lowest BCUT2D eigenvalue weighted by Crippen LogP contribution is -2.39. The molecule has 5 nitrogen and oxygen atoms in total. The number of allylic oxidation sites excluding steroid dienone is 1. The molecule has 2 aromatic heterocycles. The van der Waals surface area contributed by atoms with Gasteiger partial charge in [-0.15, -0.1) is 11.3 Å². The molecule has 1 unspecified atom stereocenters. The van der Waals surface area contributed by atoms with Crippen LogP contribution in [0, 0.1) is 0 Å². The van der Waals surface area contributed by atoms with Crippen LogP contribution in [0.15, 0.2) is 62.8 Å². The number of thiophene rings is 1. The molecule has 31 heavy (non-hydrogen) atoms. The summed E-state index contributed by atoms with van der Waals surface area (Å²) >= 11 is 2.91. The second kappa shape index (κ2) is 8.05. The minimum atomic E-state index is -0.580. The Balaban J connectivity index is 1.95. The van der Waals surface area contributed by atoms with E-state index in [9.17, 15) is 9.59 Å². The molecule has 0 bridgehead atoms. The van der Waals surface area contributed by atoms with Gasteiger partial charge in [-0.1, -0.05) is 62.4 Å². The highest BCUT2D eigenvalue weighted by molar-refractivity contribution is 7.11. The van der Waals surface area contributed by atoms with Crippen LogP contribution in [0.2, 0.25) is 0 Å². The molecule has 0 fully saturated rings. The Morgan fingerprint density at radius 3 is 2.48 bits per heavy atom. The van der Waals surface area contributed by atoms with Gasteiger partial charge in [0.25, 0.3) is 5.56 Å². The first kappa shape index (κ1) is 21.5. The summed E-state index contributed by atoms with van der Waals surface area (Å²) in [5.41, 5.74) is 2.84. The lowest BCUT2D eigenvalue weighted by Gasteiger charge is -2.25. The van der Waals surface area contributed by atoms with Gasteiger partial charge in [0.1, 0.15) is 0 Å². The van der Waals surface area contributed by atoms with E-state index in [1.807, 2.05) is 35.7 Å². The van der Waals surface area contributed by atoms with Crippen LogP contribution in [0.25, 0.3) is 6.08 Å². The van der Waals surface area contributed by atoms with Crippen LogP contribution in [0.5, 0.6) is 0 Å². The molecule has 1 aliphatic heterocycles. The maximum absolute atomic E-state index is 13.4. The molecule has 0 spiro atoms. The maximum atomic E-state index is 13.4. The summed E-state index contributed by atoms with van der Waals surface area (Å²) in [4.78, 5) is 32.3. The van der Waals surface area contributed by atoms with Crippen molar-refractivity contribution in [3.8, 4) is 0 Å². The maximum Gasteiger partial charge on any atom is 0.338 e. The molecule has 0 radical (unpaired) electrons. The third-order valence-corrected chi connectivity index (χ3v) is 7.14. The second-order valence-electron chi connectivity index (χ2n) is 8.46. The number of aromatic nitrogens is 1. The smallest absolute Gasteiger partial charge is 0.338 e. The van der Waals surface area contributed by atoms with Crippen LogP contribution >= 0.6 is 22.7 Å². The van der Waals surface area contributed by atoms with Gasteiger partial charge >= 0.3 is 5.97 Å². The standard InChI is InChI=1S/C24H24N2O3S2/c1-14-19(22(28)29-5)20(15-8-10-16(11-9-15)24(2,3)4)26-21(27)18(31-23(26)25-14)13-17-7-6-12-30-17/h6-13,20H,1-5H3. The summed E-state index contributed by atoms with van der Waals surface area (Å²) in [6.07, 6.45) is 1.88. The number of hydrogen-bond acceptors (Lipinski definition) is 6. The van der Waals surface area contributed by atoms with Crippen molar-refractivity contribution in [3.05, 3.63) is 88.7 Å². The molecule has 160 valence electrons. The topological polar surface area (TPSA) is 60.7 Å². The normalized spacial score (nSPS) is 16.8. The molecule has 1 atom stereocenters. The molecular weight excluding hydrogens is 428 g/mol. The minimum absolute atomic E-state index is 0.00454. The Hall–Kier alpha value is -2.77. The zero-order valence-corrected chi connectivity index (χ0v) is 19.8. The first-order valence-electron chi connectivity index (χ1n) is 9.95. The monoisotopic (exact) mass is 452 g/mol. The Kier molecular flexibility index (Phi) is 5.58. The number of nitrogens with zero attached hydrogens (tertiary/aromatic N) is 2. The summed E-state index contributed by atoms with van der Waals surface area (Å²) in [5.74, 6) is -0.473. The second-order valence-corrected chi connectivity index (χ2v) is 10.4. The van der Waals surface area contributed by atoms with Crippen molar-refractivity contribution in [2.75, 3.05) is 7.11 Å². The van der Waals surface area contributed by atoms with Crippen LogP contribution in [-0.4, -0.2) is 17.6 Å². The third-order valence-electron chi connectivity index (χ3n) is 5.34. The van der Waals surface area contributed by atoms with Crippen molar-refractivity contribution in [1.29, 1.82) is 0 Å². The molecule has 3 heterocycles. The Labute approximate surface area is 188 Å². The number of carbonyl (C=O) groups excluding carboxylic acids is 1. The van der Waals surface area contributed by atoms with Crippen LogP contribution in [0.3, 0.4) is 0 Å². The molecule has 3 aromatic rings. The average Bonchev–Trinajstić information content (AvgIpc) is 3.34. The number of rotatable bonds is 3. The van der Waals surface area contributed by atoms with E-state index in [1.54, 1.807) is 22.8 Å². The average molecular weight is 453 g/mol. The highest BCUT2D eigenvalue weighted by atomic mass is 32.1. The van der Waals surface area contributed by atoms with Gasteiger partial charge in [-0.2, -0.15) is 0 Å². The highest BCUT2D eigenvalue weighted by Gasteiger charge is 2.33. The summed E-state index contributed by atoms with van der Waals surface area (Å²) in [5, 5.41) is 1.97. The van der Waals surface area contributed by atoms with Gasteiger partial charge in [-0.3, -0.25) is 9.36 Å². The van der Waals surface area contributed by atoms with Crippen molar-refractivity contribution in [1.82, 2.24) is 4.57 Å². The summed E-state index contributed by atoms with van der Waals surface area (Å²) in [6.45, 7) is 8.25. The molecule has 0 saturated heterocycles. The summed E-state index contributed by atoms with van der Waals surface area (Å²) in [7, 11) is 1.35. The quantitative estimate of drug-likeness (QED) is 0.569. The number of ether oxygens (including phenoxy) is 1. The number of benzene rings is 1. The summed E-state index contributed by atoms with van der Waals surface area (Å²) in [6, 6.07) is 11.4. The van der Waals surface area contributed by atoms with Crippen molar-refractivity contribution in [2.45, 2.75) is 39.2 Å². The van der Waals surface area contributed by atoms with Gasteiger partial charge < -0.3 is 4.74 Å². The number of hydrogen-bond donors (Lipinski definition) is 0. The van der Waals surface area contributed by atoms with E-state index in [0.717, 1.165) is 10.4 Å². The number of thiazole rings is 1. The molecule has 0 amide bonds. The number of carbonyl (C=O) groups is 1. The molecule has 0 saturated carbocycles. The van der Waals surface area contributed by atoms with E-state index >= 15 is 0 Å². The minimum Gasteiger partial charge on any atom is -0.466 e. The Morgan fingerprint density at radius 2 is 1.90 bits per heavy atom. The van der Waals surface area contributed by atoms with E-state index in [1.165, 1.54) is 24.0 Å². The van der Waals surface area contributed by atoms with Crippen LogP contribution in [0.1, 0.15) is 49.7 Å². The predicted octanol–water partition coefficient (Wildman–Crippen LogP) is 3.77. The molecule has 1 aromatic carbocycles. The first-order valence-corrected chi connectivity index (χ1v) is 11.6. The van der Waals surface area contributed by atoms with E-state index in [-0.39, 0.29) is 11.0 Å². The van der Waals surface area contributed by atoms with Crippen molar-refractivity contribution >= 4 is 34.7 Å². The lowest BCUT2D eigenvalue weighted by atomic mass is 9.85. The van der Waals surface area contributed by atoms with Crippen LogP contribution in [-0.2, 0) is 14.9 Å². The first-order chi connectivity index (χ1) is 14.7. The zero-order valence-electron chi connectivity index (χ0n) is 18.1. The van der Waals surface area contributed by atoms with Crippen LogP contribution < -0.4 is 14.9 Å². The Morgan fingerprint density at radius 1 is 1.19 bits per heavy atom. The molecule has 7 heteroatoms. The fourth-order valence-electron chi connectivity index (χ4n) is 3.68. The molecule has 4 rings (SSSR count). The molecular formula is C24H24N2O3S2. The largest absolute Gasteiger partial charge is 0.466 e. The van der Waals surface area contributed by atoms with Gasteiger partial charge in [-0.25, -0.2) is 9.79 Å². The van der Waals surface area contributed by atoms with Gasteiger partial charge in [0.05, 0.1) is 29.0 Å². The van der Waals surface area contributed by atoms with Gasteiger partial charge in [0, 0.05) is 4.88 Å². The SMILES string of the molecule is COC(=O)C1=C(C)N=c2sc(=Cc3cccs3)c(=O)n2C1c1ccc(C(C)(C)C)cc1. The molecule has 1 aliphatic rings. The van der Waals surface area contributed by atoms with Crippen molar-refractivity contribution < 1.29 is 9.53 Å². The number of fused-ring (bicyclic) bond motifs is 1. The van der Waals surface area contributed by atoms with E-state index in [2.05, 4.69) is 37.9 Å². The van der Waals surface area contributed by atoms with Gasteiger partial charge in [0.15, 0.2) is 4.80 Å². The van der Waals surface area contributed by atoms with E-state index in [0.29, 0.717) is 20.6 Å². The fourth-order valence-corrected chi connectivity index (χ4v) is 5.45. The third kappa shape index (κ3) is 3.95. The van der Waals surface area contributed by atoms with Crippen LogP contribution in [0.4, 0.5) is 0 Å². The zero-order chi connectivity index (χ0) is 22.3. The van der Waals surface area contributed by atoms with E-state index < -0.39 is 12.0 Å². The van der Waals surface area contributed by atoms with Crippen molar-refractivity contribution in [3.63, 3.8) is 0 Å². The lowest BCUT2D eigenvalue weighted by molar-refractivity contribution is -0.136. The fraction of sp³-hybridized carbons (Fsp3) is 0.292. The van der Waals surface area contributed by atoms with Gasteiger partial charge in [-0.05, 0) is 41.0 Å².